The first-order chi connectivity index (χ1) is 14.4. The van der Waals surface area contributed by atoms with Gasteiger partial charge in [-0.05, 0) is 67.6 Å². The van der Waals surface area contributed by atoms with Gasteiger partial charge in [0, 0.05) is 27.7 Å². The fourth-order valence-electron chi connectivity index (χ4n) is 3.53. The molecule has 4 nitrogen and oxygen atoms in total. The van der Waals surface area contributed by atoms with Gasteiger partial charge in [0.15, 0.2) is 0 Å². The van der Waals surface area contributed by atoms with E-state index in [0.29, 0.717) is 4.91 Å². The average molecular weight is 441 g/mol. The van der Waals surface area contributed by atoms with Crippen LogP contribution in [0.4, 0.5) is 9.18 Å². The monoisotopic (exact) mass is 440 g/mol. The van der Waals surface area contributed by atoms with Gasteiger partial charge in [0.2, 0.25) is 0 Å². The number of aromatic nitrogens is 1. The number of halogens is 2. The molecule has 0 unspecified atom stereocenters. The SMILES string of the molecule is Cc1cc(/C=C2/SC(=O)N(Cc3c(F)cccc3Cl)C2=O)c(C)n1-c1ccccc1. The van der Waals surface area contributed by atoms with Crippen molar-refractivity contribution in [3.63, 3.8) is 0 Å². The summed E-state index contributed by atoms with van der Waals surface area (Å²) in [7, 11) is 0. The summed E-state index contributed by atoms with van der Waals surface area (Å²) in [6.07, 6.45) is 1.72. The number of carbonyl (C=O) groups is 2. The van der Waals surface area contributed by atoms with Crippen molar-refractivity contribution in [1.29, 1.82) is 0 Å². The first-order valence-electron chi connectivity index (χ1n) is 9.29. The maximum absolute atomic E-state index is 14.1. The zero-order valence-corrected chi connectivity index (χ0v) is 17.9. The number of hydrogen-bond donors (Lipinski definition) is 0. The van der Waals surface area contributed by atoms with Gasteiger partial charge in [0.1, 0.15) is 5.82 Å². The van der Waals surface area contributed by atoms with E-state index in [1.54, 1.807) is 6.08 Å². The van der Waals surface area contributed by atoms with Gasteiger partial charge in [-0.25, -0.2) is 4.39 Å². The van der Waals surface area contributed by atoms with E-state index in [1.165, 1.54) is 18.2 Å². The first-order valence-corrected chi connectivity index (χ1v) is 10.5. The molecule has 0 bridgehead atoms. The van der Waals surface area contributed by atoms with Gasteiger partial charge >= 0.3 is 0 Å². The van der Waals surface area contributed by atoms with Gasteiger partial charge in [0.25, 0.3) is 11.1 Å². The minimum atomic E-state index is -0.545. The number of imide groups is 1. The number of carbonyl (C=O) groups excluding carboxylic acids is 2. The molecular formula is C23H18ClFN2O2S. The van der Waals surface area contributed by atoms with E-state index in [1.807, 2.05) is 50.2 Å². The average Bonchev–Trinajstić information content (AvgIpc) is 3.14. The molecule has 3 aromatic rings. The van der Waals surface area contributed by atoms with Gasteiger partial charge in [0.05, 0.1) is 11.4 Å². The highest BCUT2D eigenvalue weighted by Crippen LogP contribution is 2.35. The second-order valence-electron chi connectivity index (χ2n) is 6.97. The first kappa shape index (κ1) is 20.4. The number of benzene rings is 2. The van der Waals surface area contributed by atoms with Gasteiger partial charge in [-0.1, -0.05) is 35.9 Å². The van der Waals surface area contributed by atoms with Crippen molar-refractivity contribution in [2.45, 2.75) is 20.4 Å². The molecule has 1 aliphatic rings. The Hall–Kier alpha value is -2.83. The molecule has 0 radical (unpaired) electrons. The lowest BCUT2D eigenvalue weighted by atomic mass is 10.2. The zero-order valence-electron chi connectivity index (χ0n) is 16.4. The summed E-state index contributed by atoms with van der Waals surface area (Å²) >= 11 is 6.91. The Balaban J connectivity index is 1.65. The normalized spacial score (nSPS) is 15.5. The fraction of sp³-hybridized carbons (Fsp3) is 0.130. The highest BCUT2D eigenvalue weighted by Gasteiger charge is 2.36. The maximum atomic E-state index is 14.1. The Kier molecular flexibility index (Phi) is 5.54. The van der Waals surface area contributed by atoms with Gasteiger partial charge < -0.3 is 4.57 Å². The topological polar surface area (TPSA) is 42.3 Å². The number of rotatable bonds is 4. The number of nitrogens with zero attached hydrogens (tertiary/aromatic N) is 2. The van der Waals surface area contributed by atoms with E-state index in [4.69, 9.17) is 11.6 Å². The van der Waals surface area contributed by atoms with Crippen LogP contribution in [0, 0.1) is 19.7 Å². The summed E-state index contributed by atoms with van der Waals surface area (Å²) in [6, 6.07) is 16.2. The van der Waals surface area contributed by atoms with Crippen molar-refractivity contribution in [1.82, 2.24) is 9.47 Å². The number of amides is 2. The van der Waals surface area contributed by atoms with Crippen molar-refractivity contribution < 1.29 is 14.0 Å². The minimum absolute atomic E-state index is 0.130. The van der Waals surface area contributed by atoms with Crippen LogP contribution >= 0.6 is 23.4 Å². The van der Waals surface area contributed by atoms with Gasteiger partial charge in [-0.15, -0.1) is 0 Å². The van der Waals surface area contributed by atoms with Crippen LogP contribution in [-0.4, -0.2) is 20.6 Å². The van der Waals surface area contributed by atoms with E-state index in [-0.39, 0.29) is 17.1 Å². The van der Waals surface area contributed by atoms with E-state index in [0.717, 1.165) is 39.3 Å². The molecule has 0 N–H and O–H groups in total. The van der Waals surface area contributed by atoms with Crippen LogP contribution < -0.4 is 0 Å². The molecule has 1 saturated heterocycles. The minimum Gasteiger partial charge on any atom is -0.318 e. The van der Waals surface area contributed by atoms with Crippen LogP contribution in [0.25, 0.3) is 11.8 Å². The molecule has 152 valence electrons. The summed E-state index contributed by atoms with van der Waals surface area (Å²) in [5, 5.41) is -0.258. The number of aryl methyl sites for hydroxylation is 1. The second-order valence-corrected chi connectivity index (χ2v) is 8.37. The Labute approximate surface area is 182 Å². The van der Waals surface area contributed by atoms with Crippen molar-refractivity contribution in [2.24, 2.45) is 0 Å². The smallest absolute Gasteiger partial charge is 0.293 e. The molecular weight excluding hydrogens is 423 g/mol. The summed E-state index contributed by atoms with van der Waals surface area (Å²) in [6.45, 7) is 3.76. The highest BCUT2D eigenvalue weighted by molar-refractivity contribution is 8.18. The lowest BCUT2D eigenvalue weighted by molar-refractivity contribution is -0.123. The molecule has 2 aromatic carbocycles. The zero-order chi connectivity index (χ0) is 21.4. The largest absolute Gasteiger partial charge is 0.318 e. The van der Waals surface area contributed by atoms with Crippen molar-refractivity contribution in [3.05, 3.63) is 92.9 Å². The van der Waals surface area contributed by atoms with E-state index in [2.05, 4.69) is 4.57 Å². The Morgan fingerprint density at radius 2 is 1.80 bits per heavy atom. The van der Waals surface area contributed by atoms with Crippen molar-refractivity contribution >= 4 is 40.6 Å². The summed E-state index contributed by atoms with van der Waals surface area (Å²) in [5.41, 5.74) is 3.98. The Bertz CT molecular complexity index is 1170. The van der Waals surface area contributed by atoms with Crippen LogP contribution in [-0.2, 0) is 11.3 Å². The fourth-order valence-corrected chi connectivity index (χ4v) is 4.58. The van der Waals surface area contributed by atoms with Crippen LogP contribution in [0.3, 0.4) is 0 Å². The molecule has 1 aromatic heterocycles. The third-order valence-corrected chi connectivity index (χ3v) is 6.28. The molecule has 0 aliphatic carbocycles. The standard InChI is InChI=1S/C23H18ClFN2O2S/c1-14-11-16(15(2)27(14)17-7-4-3-5-8-17)12-21-22(28)26(23(29)30-21)13-18-19(24)9-6-10-20(18)25/h3-12H,13H2,1-2H3/b21-12+. The van der Waals surface area contributed by atoms with E-state index >= 15 is 0 Å². The van der Waals surface area contributed by atoms with Gasteiger partial charge in [-0.2, -0.15) is 0 Å². The van der Waals surface area contributed by atoms with E-state index in [9.17, 15) is 14.0 Å². The summed E-state index contributed by atoms with van der Waals surface area (Å²) in [4.78, 5) is 26.6. The molecule has 0 spiro atoms. The van der Waals surface area contributed by atoms with Crippen LogP contribution in [0.2, 0.25) is 5.02 Å². The van der Waals surface area contributed by atoms with Gasteiger partial charge in [-0.3, -0.25) is 14.5 Å². The second kappa shape index (κ2) is 8.13. The summed E-state index contributed by atoms with van der Waals surface area (Å²) < 4.78 is 16.2. The van der Waals surface area contributed by atoms with E-state index < -0.39 is 17.0 Å². The molecule has 7 heteroatoms. The third kappa shape index (κ3) is 3.68. The molecule has 0 saturated carbocycles. The van der Waals surface area contributed by atoms with Crippen LogP contribution in [0.1, 0.15) is 22.5 Å². The Morgan fingerprint density at radius 3 is 2.50 bits per heavy atom. The predicted molar refractivity (Wildman–Crippen MR) is 118 cm³/mol. The van der Waals surface area contributed by atoms with Crippen LogP contribution in [0.15, 0.2) is 59.5 Å². The van der Waals surface area contributed by atoms with Crippen molar-refractivity contribution in [2.75, 3.05) is 0 Å². The quantitative estimate of drug-likeness (QED) is 0.459. The molecule has 2 heterocycles. The predicted octanol–water partition coefficient (Wildman–Crippen LogP) is 6.12. The maximum Gasteiger partial charge on any atom is 0.293 e. The molecule has 2 amide bonds. The number of thioether (sulfide) groups is 1. The number of para-hydroxylation sites is 1. The van der Waals surface area contributed by atoms with Crippen molar-refractivity contribution in [3.8, 4) is 5.69 Å². The highest BCUT2D eigenvalue weighted by atomic mass is 35.5. The lowest BCUT2D eigenvalue weighted by Crippen LogP contribution is -2.28. The molecule has 0 atom stereocenters. The lowest BCUT2D eigenvalue weighted by Gasteiger charge is -2.14. The third-order valence-electron chi connectivity index (χ3n) is 5.02. The van der Waals surface area contributed by atoms with Crippen LogP contribution in [0.5, 0.6) is 0 Å². The Morgan fingerprint density at radius 1 is 1.07 bits per heavy atom. The molecule has 30 heavy (non-hydrogen) atoms. The molecule has 1 fully saturated rings. The number of hydrogen-bond acceptors (Lipinski definition) is 3. The molecule has 1 aliphatic heterocycles. The summed E-state index contributed by atoms with van der Waals surface area (Å²) in [5.74, 6) is -0.995. The molecule has 4 rings (SSSR count).